The fourth-order valence-corrected chi connectivity index (χ4v) is 3.11. The van der Waals surface area contributed by atoms with E-state index in [4.69, 9.17) is 10.00 Å². The summed E-state index contributed by atoms with van der Waals surface area (Å²) >= 11 is 0. The zero-order valence-corrected chi connectivity index (χ0v) is 17.8. The molecule has 0 spiro atoms. The van der Waals surface area contributed by atoms with E-state index in [1.54, 1.807) is 18.3 Å². The first-order valence-corrected chi connectivity index (χ1v) is 10.4. The molecule has 3 rings (SSSR count). The lowest BCUT2D eigenvalue weighted by molar-refractivity contribution is -0.129. The molecule has 0 bridgehead atoms. The summed E-state index contributed by atoms with van der Waals surface area (Å²) in [7, 11) is 0. The molecule has 1 aromatic rings. The van der Waals surface area contributed by atoms with Gasteiger partial charge in [-0.25, -0.2) is 4.98 Å². The van der Waals surface area contributed by atoms with Crippen LogP contribution >= 0.6 is 0 Å². The molecule has 0 aromatic carbocycles. The summed E-state index contributed by atoms with van der Waals surface area (Å²) in [5, 5.41) is 9.13. The highest BCUT2D eigenvalue weighted by atomic mass is 16.5. The van der Waals surface area contributed by atoms with E-state index in [-0.39, 0.29) is 12.0 Å². The Hall–Kier alpha value is -2.61. The third kappa shape index (κ3) is 6.53. The number of rotatable bonds is 3. The van der Waals surface area contributed by atoms with E-state index in [2.05, 4.69) is 24.1 Å². The van der Waals surface area contributed by atoms with Gasteiger partial charge in [0.2, 0.25) is 5.88 Å². The van der Waals surface area contributed by atoms with E-state index in [1.165, 1.54) is 0 Å². The summed E-state index contributed by atoms with van der Waals surface area (Å²) in [6.07, 6.45) is 10.2. The predicted molar refractivity (Wildman–Crippen MR) is 113 cm³/mol. The van der Waals surface area contributed by atoms with Crippen molar-refractivity contribution in [2.45, 2.75) is 60.0 Å². The quantitative estimate of drug-likeness (QED) is 0.745. The van der Waals surface area contributed by atoms with Gasteiger partial charge in [0.15, 0.2) is 0 Å². The van der Waals surface area contributed by atoms with Crippen LogP contribution in [0.25, 0.3) is 0 Å². The number of ether oxygens (including phenoxy) is 1. The Morgan fingerprint density at radius 1 is 1.32 bits per heavy atom. The second kappa shape index (κ2) is 12.7. The van der Waals surface area contributed by atoms with E-state index in [9.17, 15) is 4.79 Å². The molecule has 1 aliphatic heterocycles. The van der Waals surface area contributed by atoms with Gasteiger partial charge in [-0.2, -0.15) is 5.26 Å². The first-order valence-electron chi connectivity index (χ1n) is 10.4. The van der Waals surface area contributed by atoms with Gasteiger partial charge in [-0.3, -0.25) is 4.79 Å². The van der Waals surface area contributed by atoms with Gasteiger partial charge in [-0.1, -0.05) is 52.8 Å². The monoisotopic (exact) mass is 383 g/mol. The van der Waals surface area contributed by atoms with Crippen LogP contribution in [0.2, 0.25) is 0 Å². The third-order valence-corrected chi connectivity index (χ3v) is 4.35. The first kappa shape index (κ1) is 23.4. The summed E-state index contributed by atoms with van der Waals surface area (Å²) in [4.78, 5) is 18.7. The number of amides is 1. The summed E-state index contributed by atoms with van der Waals surface area (Å²) in [6.45, 7) is 11.4. The number of piperidine rings is 1. The molecule has 5 heteroatoms. The van der Waals surface area contributed by atoms with Crippen LogP contribution in [0, 0.1) is 17.2 Å². The maximum atomic E-state index is 12.7. The van der Waals surface area contributed by atoms with Crippen LogP contribution in [0.5, 0.6) is 5.88 Å². The number of aromatic nitrogens is 1. The highest BCUT2D eigenvalue weighted by Crippen LogP contribution is 2.23. The fraction of sp³-hybridized carbons (Fsp3) is 0.522. The van der Waals surface area contributed by atoms with Crippen molar-refractivity contribution in [2.24, 2.45) is 5.92 Å². The minimum atomic E-state index is -0.129. The molecule has 0 radical (unpaired) electrons. The molecule has 1 fully saturated rings. The number of hydrogen-bond donors (Lipinski definition) is 0. The highest BCUT2D eigenvalue weighted by Gasteiger charge is 2.27. The Morgan fingerprint density at radius 3 is 2.75 bits per heavy atom. The summed E-state index contributed by atoms with van der Waals surface area (Å²) < 4.78 is 5.90. The maximum absolute atomic E-state index is 12.7. The topological polar surface area (TPSA) is 66.2 Å². The second-order valence-electron chi connectivity index (χ2n) is 6.34. The summed E-state index contributed by atoms with van der Waals surface area (Å²) in [5.41, 5.74) is 1.19. The van der Waals surface area contributed by atoms with Crippen molar-refractivity contribution in [3.05, 3.63) is 47.7 Å². The Morgan fingerprint density at radius 2 is 2.07 bits per heavy atom. The smallest absolute Gasteiger partial charge is 0.253 e. The summed E-state index contributed by atoms with van der Waals surface area (Å²) in [6, 6.07) is 5.49. The van der Waals surface area contributed by atoms with Crippen LogP contribution in [0.1, 0.15) is 59.4 Å². The molecule has 1 unspecified atom stereocenters. The van der Waals surface area contributed by atoms with Gasteiger partial charge >= 0.3 is 0 Å². The van der Waals surface area contributed by atoms with Gasteiger partial charge in [0, 0.05) is 18.3 Å². The maximum Gasteiger partial charge on any atom is 0.253 e. The first-order chi connectivity index (χ1) is 13.7. The predicted octanol–water partition coefficient (Wildman–Crippen LogP) is 4.90. The van der Waals surface area contributed by atoms with Gasteiger partial charge in [0.05, 0.1) is 6.54 Å². The number of nitrogens with zero attached hydrogens (tertiary/aromatic N) is 3. The zero-order chi connectivity index (χ0) is 20.9. The lowest BCUT2D eigenvalue weighted by Crippen LogP contribution is -2.45. The molecule has 0 N–H and O–H groups in total. The van der Waals surface area contributed by atoms with Gasteiger partial charge in [0.25, 0.3) is 5.91 Å². The van der Waals surface area contributed by atoms with Crippen molar-refractivity contribution in [1.82, 2.24) is 9.88 Å². The zero-order valence-electron chi connectivity index (χ0n) is 17.8. The Labute approximate surface area is 169 Å². The van der Waals surface area contributed by atoms with Gasteiger partial charge in [0.1, 0.15) is 17.7 Å². The number of likely N-dealkylation sites (tertiary alicyclic amines) is 1. The van der Waals surface area contributed by atoms with Crippen LogP contribution in [0.3, 0.4) is 0 Å². The molecular formula is C23H33N3O2. The normalized spacial score (nSPS) is 20.4. The van der Waals surface area contributed by atoms with E-state index in [0.29, 0.717) is 23.9 Å². The minimum absolute atomic E-state index is 0.0626. The van der Waals surface area contributed by atoms with E-state index in [0.717, 1.165) is 31.4 Å². The molecule has 1 amide bonds. The van der Waals surface area contributed by atoms with Gasteiger partial charge < -0.3 is 9.64 Å². The number of carbonyl (C=O) groups excluding carboxylic acids is 1. The van der Waals surface area contributed by atoms with Gasteiger partial charge in [-0.05, 0) is 37.3 Å². The molecule has 1 saturated heterocycles. The molecule has 2 aliphatic rings. The molecule has 28 heavy (non-hydrogen) atoms. The SMILES string of the molecule is CC.CC.CC1C=C(C(=O)N2CCC[C@@H](Oc3ncccc3C#N)C2)C=CC1. The fourth-order valence-electron chi connectivity index (χ4n) is 3.11. The van der Waals surface area contributed by atoms with Crippen molar-refractivity contribution in [1.29, 1.82) is 5.26 Å². The van der Waals surface area contributed by atoms with E-state index < -0.39 is 0 Å². The van der Waals surface area contributed by atoms with Crippen molar-refractivity contribution < 1.29 is 9.53 Å². The molecule has 0 saturated carbocycles. The molecule has 1 aliphatic carbocycles. The van der Waals surface area contributed by atoms with Crippen molar-refractivity contribution in [3.63, 3.8) is 0 Å². The molecule has 2 heterocycles. The third-order valence-electron chi connectivity index (χ3n) is 4.35. The number of allylic oxidation sites excluding steroid dienone is 2. The summed E-state index contributed by atoms with van der Waals surface area (Å²) in [5.74, 6) is 0.815. The van der Waals surface area contributed by atoms with Gasteiger partial charge in [-0.15, -0.1) is 0 Å². The van der Waals surface area contributed by atoms with Crippen LogP contribution in [0.4, 0.5) is 0 Å². The largest absolute Gasteiger partial charge is 0.472 e. The average Bonchev–Trinajstić information content (AvgIpc) is 2.76. The van der Waals surface area contributed by atoms with Crippen LogP contribution in [0.15, 0.2) is 42.1 Å². The number of carbonyl (C=O) groups is 1. The Kier molecular flexibility index (Phi) is 10.6. The standard InChI is InChI=1S/C19H21N3O2.2C2H6/c1-14-5-2-6-15(11-14)19(23)22-10-4-8-17(13-22)24-18-16(12-20)7-3-9-21-18;2*1-2/h2-3,6-7,9,11,14,17H,4-5,8,10,13H2,1H3;2*1-2H3/t14?,17-;;/m1../s1. The number of nitriles is 1. The van der Waals surface area contributed by atoms with Crippen molar-refractivity contribution in [2.75, 3.05) is 13.1 Å². The number of pyridine rings is 1. The lowest BCUT2D eigenvalue weighted by atomic mass is 9.96. The van der Waals surface area contributed by atoms with Crippen LogP contribution in [-0.2, 0) is 4.79 Å². The second-order valence-corrected chi connectivity index (χ2v) is 6.34. The molecule has 152 valence electrons. The van der Waals surface area contributed by atoms with Crippen LogP contribution < -0.4 is 4.74 Å². The van der Waals surface area contributed by atoms with Crippen molar-refractivity contribution >= 4 is 5.91 Å². The van der Waals surface area contributed by atoms with E-state index >= 15 is 0 Å². The van der Waals surface area contributed by atoms with Crippen LogP contribution in [-0.4, -0.2) is 35.0 Å². The number of hydrogen-bond acceptors (Lipinski definition) is 4. The minimum Gasteiger partial charge on any atom is -0.472 e. The molecule has 2 atom stereocenters. The average molecular weight is 384 g/mol. The molecule has 5 nitrogen and oxygen atoms in total. The van der Waals surface area contributed by atoms with Crippen molar-refractivity contribution in [3.8, 4) is 11.9 Å². The molecular weight excluding hydrogens is 350 g/mol. The van der Waals surface area contributed by atoms with E-state index in [1.807, 2.05) is 44.7 Å². The molecule has 1 aromatic heterocycles. The Balaban J connectivity index is 0.000000921. The highest BCUT2D eigenvalue weighted by molar-refractivity contribution is 5.96. The Bertz CT molecular complexity index is 719. The lowest BCUT2D eigenvalue weighted by Gasteiger charge is -2.33.